The van der Waals surface area contributed by atoms with Gasteiger partial charge >= 0.3 is 0 Å². The van der Waals surface area contributed by atoms with Crippen molar-refractivity contribution in [1.82, 2.24) is 15.1 Å². The standard InChI is InChI=1S/C14H15F2N3O2/c15-14(16)8-19(5-6-21-9-14)13(20)7-12-10-3-1-2-4-11(10)17-18-12/h1-4H,5-9H2,(H,17,18). The second-order valence-electron chi connectivity index (χ2n) is 5.12. The minimum absolute atomic E-state index is 0.0244. The first-order valence-corrected chi connectivity index (χ1v) is 6.70. The van der Waals surface area contributed by atoms with Crippen LogP contribution in [0.2, 0.25) is 0 Å². The molecule has 0 atom stereocenters. The highest BCUT2D eigenvalue weighted by Gasteiger charge is 2.36. The van der Waals surface area contributed by atoms with Crippen LogP contribution in [-0.4, -0.2) is 53.2 Å². The van der Waals surface area contributed by atoms with Crippen LogP contribution >= 0.6 is 0 Å². The normalized spacial score (nSPS) is 18.7. The highest BCUT2D eigenvalue weighted by Crippen LogP contribution is 2.20. The van der Waals surface area contributed by atoms with Crippen molar-refractivity contribution >= 4 is 16.8 Å². The summed E-state index contributed by atoms with van der Waals surface area (Å²) < 4.78 is 31.8. The first kappa shape index (κ1) is 13.9. The zero-order chi connectivity index (χ0) is 14.9. The van der Waals surface area contributed by atoms with Gasteiger partial charge in [-0.15, -0.1) is 0 Å². The van der Waals surface area contributed by atoms with Crippen molar-refractivity contribution in [2.45, 2.75) is 12.3 Å². The monoisotopic (exact) mass is 295 g/mol. The van der Waals surface area contributed by atoms with Gasteiger partial charge in [0.2, 0.25) is 5.91 Å². The predicted octanol–water partition coefficient (Wildman–Crippen LogP) is 1.60. The van der Waals surface area contributed by atoms with Crippen LogP contribution in [-0.2, 0) is 16.0 Å². The van der Waals surface area contributed by atoms with Gasteiger partial charge in [0.15, 0.2) is 0 Å². The highest BCUT2D eigenvalue weighted by molar-refractivity contribution is 5.87. The van der Waals surface area contributed by atoms with Gasteiger partial charge in [0.1, 0.15) is 6.61 Å². The average Bonchev–Trinajstić information content (AvgIpc) is 2.75. The zero-order valence-electron chi connectivity index (χ0n) is 11.3. The van der Waals surface area contributed by atoms with Crippen LogP contribution in [0, 0.1) is 0 Å². The van der Waals surface area contributed by atoms with Crippen molar-refractivity contribution < 1.29 is 18.3 Å². The summed E-state index contributed by atoms with van der Waals surface area (Å²) >= 11 is 0. The maximum atomic E-state index is 13.5. The number of amides is 1. The molecule has 0 unspecified atom stereocenters. The van der Waals surface area contributed by atoms with Crippen molar-refractivity contribution in [3.63, 3.8) is 0 Å². The molecule has 0 saturated carbocycles. The molecule has 1 fully saturated rings. The Kier molecular flexibility index (Phi) is 3.59. The van der Waals surface area contributed by atoms with Crippen molar-refractivity contribution in [3.8, 4) is 0 Å². The third-order valence-corrected chi connectivity index (χ3v) is 3.46. The molecule has 5 nitrogen and oxygen atoms in total. The van der Waals surface area contributed by atoms with E-state index in [1.807, 2.05) is 24.3 Å². The average molecular weight is 295 g/mol. The number of para-hydroxylation sites is 1. The number of ether oxygens (including phenoxy) is 1. The smallest absolute Gasteiger partial charge is 0.288 e. The highest BCUT2D eigenvalue weighted by atomic mass is 19.3. The molecule has 1 aromatic carbocycles. The molecule has 21 heavy (non-hydrogen) atoms. The molecule has 7 heteroatoms. The molecule has 1 aliphatic heterocycles. The van der Waals surface area contributed by atoms with Gasteiger partial charge in [0.25, 0.3) is 5.92 Å². The summed E-state index contributed by atoms with van der Waals surface area (Å²) in [5.74, 6) is -3.35. The van der Waals surface area contributed by atoms with E-state index in [4.69, 9.17) is 4.74 Å². The quantitative estimate of drug-likeness (QED) is 0.915. The molecule has 1 N–H and O–H groups in total. The fourth-order valence-corrected chi connectivity index (χ4v) is 2.43. The van der Waals surface area contributed by atoms with Crippen LogP contribution in [0.1, 0.15) is 5.69 Å². The summed E-state index contributed by atoms with van der Waals surface area (Å²) in [5.41, 5.74) is 1.40. The summed E-state index contributed by atoms with van der Waals surface area (Å²) in [6.45, 7) is -0.923. The lowest BCUT2D eigenvalue weighted by Gasteiger charge is -2.23. The molecule has 0 radical (unpaired) electrons. The molecule has 1 aromatic heterocycles. The Morgan fingerprint density at radius 2 is 2.24 bits per heavy atom. The number of alkyl halides is 2. The topological polar surface area (TPSA) is 58.2 Å². The van der Waals surface area contributed by atoms with E-state index in [1.54, 1.807) is 0 Å². The molecule has 0 bridgehead atoms. The Morgan fingerprint density at radius 3 is 3.10 bits per heavy atom. The van der Waals surface area contributed by atoms with Crippen LogP contribution in [0.15, 0.2) is 24.3 Å². The predicted molar refractivity (Wildman–Crippen MR) is 72.1 cm³/mol. The van der Waals surface area contributed by atoms with Crippen molar-refractivity contribution in [2.24, 2.45) is 0 Å². The van der Waals surface area contributed by atoms with Gasteiger partial charge in [-0.3, -0.25) is 9.89 Å². The zero-order valence-corrected chi connectivity index (χ0v) is 11.3. The summed E-state index contributed by atoms with van der Waals surface area (Å²) in [7, 11) is 0. The van der Waals surface area contributed by atoms with Crippen LogP contribution in [0.25, 0.3) is 10.9 Å². The second kappa shape index (κ2) is 5.40. The minimum atomic E-state index is -3.00. The van der Waals surface area contributed by atoms with Gasteiger partial charge in [-0.1, -0.05) is 18.2 Å². The van der Waals surface area contributed by atoms with Crippen molar-refractivity contribution in [3.05, 3.63) is 30.0 Å². The van der Waals surface area contributed by atoms with E-state index in [2.05, 4.69) is 10.2 Å². The first-order chi connectivity index (χ1) is 10.1. The van der Waals surface area contributed by atoms with Gasteiger partial charge in [0.05, 0.1) is 30.8 Å². The fourth-order valence-electron chi connectivity index (χ4n) is 2.43. The number of rotatable bonds is 2. The van der Waals surface area contributed by atoms with Crippen LogP contribution in [0.3, 0.4) is 0 Å². The maximum absolute atomic E-state index is 13.5. The third kappa shape index (κ3) is 3.02. The number of aromatic nitrogens is 2. The van der Waals surface area contributed by atoms with Gasteiger partial charge in [-0.2, -0.15) is 5.10 Å². The second-order valence-corrected chi connectivity index (χ2v) is 5.12. The van der Waals surface area contributed by atoms with E-state index in [1.165, 1.54) is 0 Å². The summed E-state index contributed by atoms with van der Waals surface area (Å²) in [4.78, 5) is 13.4. The Labute approximate surface area is 119 Å². The van der Waals surface area contributed by atoms with Crippen LogP contribution < -0.4 is 0 Å². The number of hydrogen-bond donors (Lipinski definition) is 1. The first-order valence-electron chi connectivity index (χ1n) is 6.70. The molecule has 1 amide bonds. The van der Waals surface area contributed by atoms with E-state index < -0.39 is 19.1 Å². The summed E-state index contributed by atoms with van der Waals surface area (Å²) in [5, 5.41) is 7.74. The van der Waals surface area contributed by atoms with E-state index in [0.717, 1.165) is 15.8 Å². The Balaban J connectivity index is 1.76. The number of nitrogens with zero attached hydrogens (tertiary/aromatic N) is 2. The number of benzene rings is 1. The van der Waals surface area contributed by atoms with E-state index in [9.17, 15) is 13.6 Å². The van der Waals surface area contributed by atoms with Crippen molar-refractivity contribution in [1.29, 1.82) is 0 Å². The molecule has 0 spiro atoms. The molecule has 0 aliphatic carbocycles. The fraction of sp³-hybridized carbons (Fsp3) is 0.429. The summed E-state index contributed by atoms with van der Waals surface area (Å²) in [6.07, 6.45) is 0.0244. The number of halogens is 2. The lowest BCUT2D eigenvalue weighted by atomic mass is 10.1. The van der Waals surface area contributed by atoms with Crippen LogP contribution in [0.4, 0.5) is 8.78 Å². The van der Waals surface area contributed by atoms with Crippen molar-refractivity contribution in [2.75, 3.05) is 26.3 Å². The van der Waals surface area contributed by atoms with Gasteiger partial charge in [-0.25, -0.2) is 8.78 Å². The Morgan fingerprint density at radius 1 is 1.43 bits per heavy atom. The molecule has 1 aliphatic rings. The van der Waals surface area contributed by atoms with Gasteiger partial charge in [-0.05, 0) is 6.07 Å². The SMILES string of the molecule is O=C(Cc1[nH]nc2ccccc12)N1CCOCC(F)(F)C1. The molecule has 2 aromatic rings. The molecule has 3 rings (SSSR count). The molecule has 112 valence electrons. The third-order valence-electron chi connectivity index (χ3n) is 3.46. The Bertz CT molecular complexity index is 656. The summed E-state index contributed by atoms with van der Waals surface area (Å²) in [6, 6.07) is 7.37. The maximum Gasteiger partial charge on any atom is 0.288 e. The van der Waals surface area contributed by atoms with Crippen LogP contribution in [0.5, 0.6) is 0 Å². The molecular formula is C14H15F2N3O2. The molecular weight excluding hydrogens is 280 g/mol. The number of carbonyl (C=O) groups excluding carboxylic acids is 1. The molecule has 1 saturated heterocycles. The lowest BCUT2D eigenvalue weighted by Crippen LogP contribution is -2.41. The largest absolute Gasteiger partial charge is 0.373 e. The number of fused-ring (bicyclic) bond motifs is 1. The number of carbonyl (C=O) groups is 1. The minimum Gasteiger partial charge on any atom is -0.373 e. The van der Waals surface area contributed by atoms with Gasteiger partial charge in [0, 0.05) is 11.9 Å². The number of nitrogens with one attached hydrogen (secondary N) is 1. The number of hydrogen-bond acceptors (Lipinski definition) is 3. The lowest BCUT2D eigenvalue weighted by molar-refractivity contribution is -0.135. The Hall–Kier alpha value is -2.02. The number of aromatic amines is 1. The molecule has 2 heterocycles. The van der Waals surface area contributed by atoms with Gasteiger partial charge < -0.3 is 9.64 Å². The van der Waals surface area contributed by atoms with E-state index in [-0.39, 0.29) is 25.5 Å². The van der Waals surface area contributed by atoms with E-state index >= 15 is 0 Å². The number of H-pyrrole nitrogens is 1. The van der Waals surface area contributed by atoms with E-state index in [0.29, 0.717) is 5.69 Å².